The molecular formula is C17H24N6O5. The Labute approximate surface area is 160 Å². The molecule has 1 saturated carbocycles. The lowest BCUT2D eigenvalue weighted by molar-refractivity contribution is -0.0432. The number of fused-ring (bicyclic) bond motifs is 1. The number of H-pyrrole nitrogens is 1. The third-order valence-corrected chi connectivity index (χ3v) is 5.30. The quantitative estimate of drug-likeness (QED) is 0.498. The van der Waals surface area contributed by atoms with E-state index < -0.39 is 30.0 Å². The molecule has 1 aliphatic heterocycles. The highest BCUT2D eigenvalue weighted by Crippen LogP contribution is 2.30. The van der Waals surface area contributed by atoms with Crippen molar-refractivity contribution in [3.63, 3.8) is 0 Å². The van der Waals surface area contributed by atoms with Gasteiger partial charge in [-0.25, -0.2) is 9.78 Å². The summed E-state index contributed by atoms with van der Waals surface area (Å²) in [7, 11) is 0. The second-order valence-corrected chi connectivity index (χ2v) is 7.29. The van der Waals surface area contributed by atoms with E-state index in [9.17, 15) is 19.8 Å². The van der Waals surface area contributed by atoms with Gasteiger partial charge in [0.05, 0.1) is 19.0 Å². The molecule has 0 radical (unpaired) electrons. The molecule has 1 saturated heterocycles. The van der Waals surface area contributed by atoms with Crippen LogP contribution in [0.15, 0.2) is 11.1 Å². The van der Waals surface area contributed by atoms with Gasteiger partial charge in [-0.05, 0) is 12.8 Å². The summed E-state index contributed by atoms with van der Waals surface area (Å²) in [6.07, 6.45) is 4.73. The van der Waals surface area contributed by atoms with Gasteiger partial charge in [-0.1, -0.05) is 19.3 Å². The van der Waals surface area contributed by atoms with Gasteiger partial charge in [-0.15, -0.1) is 0 Å². The van der Waals surface area contributed by atoms with E-state index in [1.165, 1.54) is 17.3 Å². The minimum atomic E-state index is -0.826. The molecule has 152 valence electrons. The first-order valence-corrected chi connectivity index (χ1v) is 9.54. The summed E-state index contributed by atoms with van der Waals surface area (Å²) in [5, 5.41) is 24.7. The summed E-state index contributed by atoms with van der Waals surface area (Å²) < 4.78 is 7.13. The van der Waals surface area contributed by atoms with Crippen molar-refractivity contribution in [2.75, 3.05) is 11.9 Å². The number of amides is 2. The number of anilines is 1. The molecule has 4 rings (SSSR count). The van der Waals surface area contributed by atoms with Gasteiger partial charge >= 0.3 is 6.03 Å². The number of imidazole rings is 1. The third kappa shape index (κ3) is 3.73. The summed E-state index contributed by atoms with van der Waals surface area (Å²) in [6.45, 7) is -0.313. The van der Waals surface area contributed by atoms with Crippen LogP contribution in [0.2, 0.25) is 0 Å². The van der Waals surface area contributed by atoms with E-state index in [-0.39, 0.29) is 36.2 Å². The average Bonchev–Trinajstić information content (AvgIpc) is 3.25. The van der Waals surface area contributed by atoms with Gasteiger partial charge in [0.25, 0.3) is 5.56 Å². The highest BCUT2D eigenvalue weighted by Gasteiger charge is 2.35. The van der Waals surface area contributed by atoms with Crippen LogP contribution in [0.25, 0.3) is 11.2 Å². The van der Waals surface area contributed by atoms with E-state index in [2.05, 4.69) is 25.6 Å². The molecule has 0 unspecified atom stereocenters. The van der Waals surface area contributed by atoms with Gasteiger partial charge in [-0.2, -0.15) is 4.98 Å². The smallest absolute Gasteiger partial charge is 0.321 e. The van der Waals surface area contributed by atoms with E-state index in [4.69, 9.17) is 4.74 Å². The standard InChI is InChI=1S/C17H24N6O5/c24-7-11-10(25)6-12(28-11)23-8-18-13-14(23)20-16(21-15(13)26)22-17(27)19-9-4-2-1-3-5-9/h8-12,24-25H,1-7H2,(H3,19,20,21,22,26,27)/t10-,11+,12+/m0/s1. The molecule has 2 aromatic heterocycles. The molecule has 2 fully saturated rings. The number of carbonyl (C=O) groups is 1. The van der Waals surface area contributed by atoms with Crippen LogP contribution >= 0.6 is 0 Å². The molecule has 3 atom stereocenters. The lowest BCUT2D eigenvalue weighted by Crippen LogP contribution is -2.39. The van der Waals surface area contributed by atoms with Crippen molar-refractivity contribution >= 4 is 23.1 Å². The minimum Gasteiger partial charge on any atom is -0.394 e. The number of urea groups is 1. The molecule has 2 aromatic rings. The predicted octanol–water partition coefficient (Wildman–Crippen LogP) is 0.214. The fourth-order valence-corrected chi connectivity index (χ4v) is 3.82. The van der Waals surface area contributed by atoms with Crippen LogP contribution in [0.1, 0.15) is 44.8 Å². The predicted molar refractivity (Wildman–Crippen MR) is 98.8 cm³/mol. The van der Waals surface area contributed by atoms with Crippen LogP contribution in [0, 0.1) is 0 Å². The molecule has 0 bridgehead atoms. The Morgan fingerprint density at radius 3 is 2.86 bits per heavy atom. The number of aromatic amines is 1. The van der Waals surface area contributed by atoms with E-state index in [0.717, 1.165) is 25.7 Å². The molecule has 0 spiro atoms. The Hall–Kier alpha value is -2.50. The molecule has 2 aliphatic rings. The van der Waals surface area contributed by atoms with Crippen LogP contribution in [0.4, 0.5) is 10.7 Å². The minimum absolute atomic E-state index is 0.00446. The van der Waals surface area contributed by atoms with Crippen molar-refractivity contribution in [3.8, 4) is 0 Å². The second kappa shape index (κ2) is 7.86. The van der Waals surface area contributed by atoms with E-state index in [1.807, 2.05) is 0 Å². The lowest BCUT2D eigenvalue weighted by atomic mass is 9.96. The number of aromatic nitrogens is 4. The van der Waals surface area contributed by atoms with Crippen molar-refractivity contribution < 1.29 is 19.7 Å². The Balaban J connectivity index is 1.53. The molecule has 0 aromatic carbocycles. The Kier molecular flexibility index (Phi) is 5.29. The highest BCUT2D eigenvalue weighted by molar-refractivity contribution is 5.88. The molecule has 11 nitrogen and oxygen atoms in total. The molecule has 3 heterocycles. The SMILES string of the molecule is O=C(Nc1nc2c(ncn2[C@H]2C[C@H](O)[C@@H](CO)O2)c(=O)[nH]1)NC1CCCCC1. The van der Waals surface area contributed by atoms with Crippen molar-refractivity contribution in [3.05, 3.63) is 16.7 Å². The molecule has 28 heavy (non-hydrogen) atoms. The fourth-order valence-electron chi connectivity index (χ4n) is 3.82. The Morgan fingerprint density at radius 2 is 2.14 bits per heavy atom. The van der Waals surface area contributed by atoms with Crippen LogP contribution in [-0.2, 0) is 4.74 Å². The summed E-state index contributed by atoms with van der Waals surface area (Å²) in [5.41, 5.74) is -0.162. The molecule has 2 amide bonds. The van der Waals surface area contributed by atoms with Crippen molar-refractivity contribution in [2.45, 2.75) is 63.0 Å². The number of rotatable bonds is 4. The van der Waals surface area contributed by atoms with E-state index in [0.29, 0.717) is 0 Å². The number of hydrogen-bond acceptors (Lipinski definition) is 7. The average molecular weight is 392 g/mol. The van der Waals surface area contributed by atoms with Gasteiger partial charge in [0.2, 0.25) is 5.95 Å². The number of hydrogen-bond donors (Lipinski definition) is 5. The fraction of sp³-hybridized carbons (Fsp3) is 0.647. The number of aliphatic hydroxyl groups excluding tert-OH is 2. The van der Waals surface area contributed by atoms with Gasteiger partial charge in [0.15, 0.2) is 11.2 Å². The number of nitrogens with zero attached hydrogens (tertiary/aromatic N) is 3. The maximum absolute atomic E-state index is 12.3. The maximum Gasteiger partial charge on any atom is 0.321 e. The summed E-state index contributed by atoms with van der Waals surface area (Å²) >= 11 is 0. The van der Waals surface area contributed by atoms with Gasteiger partial charge in [0, 0.05) is 12.5 Å². The number of aliphatic hydroxyl groups is 2. The molecular weight excluding hydrogens is 368 g/mol. The first-order chi connectivity index (χ1) is 13.5. The van der Waals surface area contributed by atoms with Crippen LogP contribution < -0.4 is 16.2 Å². The zero-order chi connectivity index (χ0) is 19.7. The number of carbonyl (C=O) groups excluding carboxylic acids is 1. The monoisotopic (exact) mass is 392 g/mol. The van der Waals surface area contributed by atoms with Crippen molar-refractivity contribution in [1.82, 2.24) is 24.8 Å². The van der Waals surface area contributed by atoms with Gasteiger partial charge in [0.1, 0.15) is 12.3 Å². The second-order valence-electron chi connectivity index (χ2n) is 7.29. The van der Waals surface area contributed by atoms with Crippen molar-refractivity contribution in [1.29, 1.82) is 0 Å². The molecule has 11 heteroatoms. The first kappa shape index (κ1) is 18.8. The number of nitrogens with one attached hydrogen (secondary N) is 3. The largest absolute Gasteiger partial charge is 0.394 e. The van der Waals surface area contributed by atoms with Crippen LogP contribution in [0.3, 0.4) is 0 Å². The van der Waals surface area contributed by atoms with Gasteiger partial charge in [-0.3, -0.25) is 19.7 Å². The zero-order valence-electron chi connectivity index (χ0n) is 15.3. The topological polar surface area (TPSA) is 154 Å². The Morgan fingerprint density at radius 1 is 1.36 bits per heavy atom. The molecule has 1 aliphatic carbocycles. The maximum atomic E-state index is 12.3. The lowest BCUT2D eigenvalue weighted by Gasteiger charge is -2.22. The van der Waals surface area contributed by atoms with Crippen LogP contribution in [-0.4, -0.2) is 60.6 Å². The molecule has 5 N–H and O–H groups in total. The zero-order valence-corrected chi connectivity index (χ0v) is 15.3. The normalized spacial score (nSPS) is 25.9. The summed E-state index contributed by atoms with van der Waals surface area (Å²) in [6, 6.07) is -0.299. The van der Waals surface area contributed by atoms with Crippen LogP contribution in [0.5, 0.6) is 0 Å². The summed E-state index contributed by atoms with van der Waals surface area (Å²) in [5.74, 6) is 0.00446. The highest BCUT2D eigenvalue weighted by atomic mass is 16.5. The van der Waals surface area contributed by atoms with E-state index in [1.54, 1.807) is 0 Å². The van der Waals surface area contributed by atoms with Crippen molar-refractivity contribution in [2.24, 2.45) is 0 Å². The first-order valence-electron chi connectivity index (χ1n) is 9.54. The Bertz CT molecular complexity index is 905. The number of ether oxygens (including phenoxy) is 1. The third-order valence-electron chi connectivity index (χ3n) is 5.30. The van der Waals surface area contributed by atoms with Gasteiger partial charge < -0.3 is 20.3 Å². The van der Waals surface area contributed by atoms with E-state index >= 15 is 0 Å². The summed E-state index contributed by atoms with van der Waals surface area (Å²) in [4.78, 5) is 35.4.